The lowest BCUT2D eigenvalue weighted by Gasteiger charge is -2.26. The maximum atomic E-state index is 12.6. The lowest BCUT2D eigenvalue weighted by molar-refractivity contribution is 0.147. The van der Waals surface area contributed by atoms with Gasteiger partial charge >= 0.3 is 0 Å². The van der Waals surface area contributed by atoms with Crippen molar-refractivity contribution in [2.75, 3.05) is 7.05 Å². The van der Waals surface area contributed by atoms with E-state index in [0.717, 1.165) is 18.4 Å². The van der Waals surface area contributed by atoms with Crippen LogP contribution in [0.5, 0.6) is 5.75 Å². The number of hydrogen-bond acceptors (Lipinski definition) is 4. The highest BCUT2D eigenvalue weighted by atomic mass is 32.2. The van der Waals surface area contributed by atoms with Crippen LogP contribution in [0.15, 0.2) is 58.3 Å². The average molecular weight is 303 g/mol. The largest absolute Gasteiger partial charge is 0.475 e. The van der Waals surface area contributed by atoms with Crippen LogP contribution in [0.25, 0.3) is 0 Å². The van der Waals surface area contributed by atoms with Crippen molar-refractivity contribution in [2.24, 2.45) is 0 Å². The van der Waals surface area contributed by atoms with Crippen LogP contribution in [-0.4, -0.2) is 21.7 Å². The summed E-state index contributed by atoms with van der Waals surface area (Å²) >= 11 is 0. The predicted octanol–water partition coefficient (Wildman–Crippen LogP) is 2.39. The maximum absolute atomic E-state index is 12.6. The summed E-state index contributed by atoms with van der Waals surface area (Å²) in [6, 6.07) is 13.6. The number of fused-ring (bicyclic) bond motifs is 1. The number of ether oxygens (including phenoxy) is 1. The third-order valence-corrected chi connectivity index (χ3v) is 5.44. The molecular weight excluding hydrogens is 286 g/mol. The molecule has 5 heteroatoms. The zero-order valence-corrected chi connectivity index (χ0v) is 12.6. The second kappa shape index (κ2) is 5.50. The van der Waals surface area contributed by atoms with Gasteiger partial charge in [0.25, 0.3) is 0 Å². The van der Waals surface area contributed by atoms with E-state index in [1.807, 2.05) is 13.1 Å². The minimum Gasteiger partial charge on any atom is -0.475 e. The minimum absolute atomic E-state index is 0.0628. The first kappa shape index (κ1) is 14.1. The lowest BCUT2D eigenvalue weighted by Crippen LogP contribution is -2.34. The number of rotatable bonds is 3. The van der Waals surface area contributed by atoms with Crippen molar-refractivity contribution < 1.29 is 13.2 Å². The second-order valence-corrected chi connectivity index (χ2v) is 6.97. The van der Waals surface area contributed by atoms with Gasteiger partial charge in [0.1, 0.15) is 12.0 Å². The highest BCUT2D eigenvalue weighted by Crippen LogP contribution is 2.31. The molecule has 0 aromatic heterocycles. The molecule has 3 rings (SSSR count). The van der Waals surface area contributed by atoms with Gasteiger partial charge in [0.2, 0.25) is 9.84 Å². The Bertz CT molecular complexity index is 741. The summed E-state index contributed by atoms with van der Waals surface area (Å²) < 4.78 is 31.0. The van der Waals surface area contributed by atoms with Crippen LogP contribution >= 0.6 is 0 Å². The third-order valence-electron chi connectivity index (χ3n) is 3.67. The Labute approximate surface area is 124 Å². The van der Waals surface area contributed by atoms with E-state index in [-0.39, 0.29) is 11.1 Å². The van der Waals surface area contributed by atoms with E-state index in [9.17, 15) is 8.42 Å². The molecule has 0 amide bonds. The number of benzene rings is 2. The van der Waals surface area contributed by atoms with E-state index < -0.39 is 9.84 Å². The van der Waals surface area contributed by atoms with Crippen molar-refractivity contribution in [3.8, 4) is 5.75 Å². The number of nitrogens with one attached hydrogen (secondary N) is 1. The smallest absolute Gasteiger partial charge is 0.206 e. The highest BCUT2D eigenvalue weighted by molar-refractivity contribution is 7.91. The van der Waals surface area contributed by atoms with Crippen molar-refractivity contribution in [1.82, 2.24) is 5.32 Å². The zero-order valence-electron chi connectivity index (χ0n) is 11.7. The van der Waals surface area contributed by atoms with Crippen molar-refractivity contribution in [3.05, 3.63) is 54.1 Å². The standard InChI is InChI=1S/C16H17NO3S/c1-17-16-10-8-12-7-9-14(11-15(12)20-16)21(18,19)13-5-3-2-4-6-13/h2-7,9,11,16-17H,8,10H2,1H3/t16-/m1/s1. The van der Waals surface area contributed by atoms with E-state index in [1.165, 1.54) is 0 Å². The molecular formula is C16H17NO3S. The molecule has 1 N–H and O–H groups in total. The van der Waals surface area contributed by atoms with Gasteiger partial charge < -0.3 is 4.74 Å². The molecule has 1 heterocycles. The molecule has 0 aliphatic carbocycles. The molecule has 1 aliphatic heterocycles. The van der Waals surface area contributed by atoms with Crippen LogP contribution in [0.4, 0.5) is 0 Å². The summed E-state index contributed by atoms with van der Waals surface area (Å²) in [6.07, 6.45) is 1.70. The molecule has 0 fully saturated rings. The van der Waals surface area contributed by atoms with Gasteiger partial charge in [-0.2, -0.15) is 0 Å². The van der Waals surface area contributed by atoms with Crippen LogP contribution in [0.2, 0.25) is 0 Å². The van der Waals surface area contributed by atoms with Crippen LogP contribution in [0.3, 0.4) is 0 Å². The molecule has 0 spiro atoms. The van der Waals surface area contributed by atoms with Crippen molar-refractivity contribution in [3.63, 3.8) is 0 Å². The van der Waals surface area contributed by atoms with Gasteiger partial charge in [0, 0.05) is 6.42 Å². The third kappa shape index (κ3) is 2.66. The normalized spacial score (nSPS) is 17.9. The van der Waals surface area contributed by atoms with E-state index in [0.29, 0.717) is 10.6 Å². The summed E-state index contributed by atoms with van der Waals surface area (Å²) in [5, 5.41) is 3.06. The fraction of sp³-hybridized carbons (Fsp3) is 0.250. The Morgan fingerprint density at radius 1 is 1.10 bits per heavy atom. The van der Waals surface area contributed by atoms with Crippen molar-refractivity contribution in [2.45, 2.75) is 28.9 Å². The van der Waals surface area contributed by atoms with Gasteiger partial charge in [-0.15, -0.1) is 0 Å². The molecule has 0 unspecified atom stereocenters. The topological polar surface area (TPSA) is 55.4 Å². The quantitative estimate of drug-likeness (QED) is 0.946. The molecule has 0 saturated carbocycles. The molecule has 0 radical (unpaired) electrons. The first-order valence-electron chi connectivity index (χ1n) is 6.88. The molecule has 21 heavy (non-hydrogen) atoms. The summed E-state index contributed by atoms with van der Waals surface area (Å²) in [5.74, 6) is 0.651. The molecule has 110 valence electrons. The summed E-state index contributed by atoms with van der Waals surface area (Å²) in [4.78, 5) is 0.565. The monoisotopic (exact) mass is 303 g/mol. The van der Waals surface area contributed by atoms with E-state index >= 15 is 0 Å². The molecule has 0 saturated heterocycles. The first-order valence-corrected chi connectivity index (χ1v) is 8.36. The Kier molecular flexibility index (Phi) is 3.69. The summed E-state index contributed by atoms with van der Waals surface area (Å²) in [5.41, 5.74) is 1.05. The van der Waals surface area contributed by atoms with E-state index in [2.05, 4.69) is 5.32 Å². The summed E-state index contributed by atoms with van der Waals surface area (Å²) in [7, 11) is -1.66. The predicted molar refractivity (Wildman–Crippen MR) is 80.1 cm³/mol. The molecule has 4 nitrogen and oxygen atoms in total. The fourth-order valence-electron chi connectivity index (χ4n) is 2.46. The van der Waals surface area contributed by atoms with Gasteiger partial charge in [-0.25, -0.2) is 8.42 Å². The molecule has 2 aromatic carbocycles. The van der Waals surface area contributed by atoms with Crippen LogP contribution in [-0.2, 0) is 16.3 Å². The number of sulfone groups is 1. The van der Waals surface area contributed by atoms with Crippen LogP contribution in [0.1, 0.15) is 12.0 Å². The summed E-state index contributed by atoms with van der Waals surface area (Å²) in [6.45, 7) is 0. The Balaban J connectivity index is 2.01. The first-order chi connectivity index (χ1) is 10.1. The molecule has 1 atom stereocenters. The van der Waals surface area contributed by atoms with Crippen molar-refractivity contribution >= 4 is 9.84 Å². The molecule has 1 aliphatic rings. The Hall–Kier alpha value is -1.85. The van der Waals surface area contributed by atoms with Gasteiger partial charge in [0.15, 0.2) is 0 Å². The average Bonchev–Trinajstić information content (AvgIpc) is 2.54. The highest BCUT2D eigenvalue weighted by Gasteiger charge is 2.23. The van der Waals surface area contributed by atoms with Crippen LogP contribution in [0, 0.1) is 0 Å². The van der Waals surface area contributed by atoms with E-state index in [4.69, 9.17) is 4.74 Å². The maximum Gasteiger partial charge on any atom is 0.206 e. The zero-order chi connectivity index (χ0) is 14.9. The molecule has 0 bridgehead atoms. The Morgan fingerprint density at radius 3 is 2.57 bits per heavy atom. The SMILES string of the molecule is CN[C@H]1CCc2ccc(S(=O)(=O)c3ccccc3)cc2O1. The van der Waals surface area contributed by atoms with Gasteiger partial charge in [-0.3, -0.25) is 5.32 Å². The number of aryl methyl sites for hydroxylation is 1. The van der Waals surface area contributed by atoms with Crippen LogP contribution < -0.4 is 10.1 Å². The van der Waals surface area contributed by atoms with Gasteiger partial charge in [0.05, 0.1) is 9.79 Å². The van der Waals surface area contributed by atoms with Crippen molar-refractivity contribution in [1.29, 1.82) is 0 Å². The fourth-order valence-corrected chi connectivity index (χ4v) is 3.75. The minimum atomic E-state index is -3.50. The molecule has 2 aromatic rings. The Morgan fingerprint density at radius 2 is 1.86 bits per heavy atom. The van der Waals surface area contributed by atoms with Gasteiger partial charge in [-0.1, -0.05) is 24.3 Å². The second-order valence-electron chi connectivity index (χ2n) is 5.02. The lowest BCUT2D eigenvalue weighted by atomic mass is 10.1. The van der Waals surface area contributed by atoms with E-state index in [1.54, 1.807) is 42.5 Å². The van der Waals surface area contributed by atoms with Gasteiger partial charge in [-0.05, 0) is 43.3 Å². The number of hydrogen-bond donors (Lipinski definition) is 1.